The Labute approximate surface area is 162 Å². The molecule has 1 atom stereocenters. The van der Waals surface area contributed by atoms with Crippen LogP contribution < -0.4 is 10.6 Å². The van der Waals surface area contributed by atoms with Gasteiger partial charge in [0.2, 0.25) is 0 Å². The topological polar surface area (TPSA) is 83.0 Å². The van der Waals surface area contributed by atoms with E-state index in [0.717, 1.165) is 24.9 Å². The highest BCUT2D eigenvalue weighted by molar-refractivity contribution is 5.79. The molecule has 0 radical (unpaired) electrons. The molecule has 1 aliphatic carbocycles. The van der Waals surface area contributed by atoms with Crippen molar-refractivity contribution in [3.63, 3.8) is 0 Å². The lowest BCUT2D eigenvalue weighted by atomic mass is 10.0. The quantitative estimate of drug-likeness (QED) is 0.253. The van der Waals surface area contributed by atoms with Crippen LogP contribution in [0.3, 0.4) is 0 Å². The van der Waals surface area contributed by atoms with E-state index in [1.54, 1.807) is 0 Å². The van der Waals surface area contributed by atoms with Crippen LogP contribution in [-0.2, 0) is 9.53 Å². The van der Waals surface area contributed by atoms with Crippen LogP contribution in [0, 0.1) is 0 Å². The number of guanidine groups is 1. The molecule has 3 N–H and O–H groups in total. The molecule has 0 heterocycles. The third-order valence-corrected chi connectivity index (χ3v) is 4.76. The number of nitrogens with zero attached hydrogens (tertiary/aromatic N) is 1. The Morgan fingerprint density at radius 3 is 2.67 bits per heavy atom. The maximum absolute atomic E-state index is 11.9. The lowest BCUT2D eigenvalue weighted by Gasteiger charge is -2.15. The average Bonchev–Trinajstić information content (AvgIpc) is 3.19. The van der Waals surface area contributed by atoms with Gasteiger partial charge < -0.3 is 20.5 Å². The first-order valence-electron chi connectivity index (χ1n) is 10.1. The summed E-state index contributed by atoms with van der Waals surface area (Å²) in [5.74, 6) is 0.578. The van der Waals surface area contributed by atoms with Gasteiger partial charge in [0.15, 0.2) is 5.96 Å². The number of aliphatic hydroxyl groups is 1. The van der Waals surface area contributed by atoms with Crippen molar-refractivity contribution < 1.29 is 14.6 Å². The standard InChI is InChI=1S/C21H33N3O3/c1-2-22-21(24-15-18(16-25)17-9-4-3-5-10-17)23-14-8-13-20(26)27-19-11-6-7-12-19/h3-5,9-10,18-19,25H,2,6-8,11-16H2,1H3,(H2,22,23,24). The number of hydrogen-bond donors (Lipinski definition) is 3. The average molecular weight is 376 g/mol. The molecule has 6 nitrogen and oxygen atoms in total. The Bertz CT molecular complexity index is 571. The number of rotatable bonds is 10. The van der Waals surface area contributed by atoms with Crippen LogP contribution >= 0.6 is 0 Å². The predicted octanol–water partition coefficient (Wildman–Crippen LogP) is 2.58. The highest BCUT2D eigenvalue weighted by atomic mass is 16.5. The number of aliphatic hydroxyl groups excluding tert-OH is 1. The van der Waals surface area contributed by atoms with E-state index in [-0.39, 0.29) is 24.6 Å². The lowest BCUT2D eigenvalue weighted by Crippen LogP contribution is -2.38. The zero-order valence-electron chi connectivity index (χ0n) is 16.3. The number of ether oxygens (including phenoxy) is 1. The fourth-order valence-corrected chi connectivity index (χ4v) is 3.23. The van der Waals surface area contributed by atoms with E-state index in [1.165, 1.54) is 12.8 Å². The molecule has 0 spiro atoms. The molecular weight excluding hydrogens is 342 g/mol. The molecule has 150 valence electrons. The molecule has 1 unspecified atom stereocenters. The van der Waals surface area contributed by atoms with E-state index in [1.807, 2.05) is 37.3 Å². The van der Waals surface area contributed by atoms with Crippen LogP contribution in [0.1, 0.15) is 56.9 Å². The van der Waals surface area contributed by atoms with Gasteiger partial charge in [-0.25, -0.2) is 0 Å². The fourth-order valence-electron chi connectivity index (χ4n) is 3.23. The van der Waals surface area contributed by atoms with Gasteiger partial charge in [-0.15, -0.1) is 0 Å². The maximum Gasteiger partial charge on any atom is 0.306 e. The van der Waals surface area contributed by atoms with Crippen molar-refractivity contribution in [1.29, 1.82) is 0 Å². The summed E-state index contributed by atoms with van der Waals surface area (Å²) in [6, 6.07) is 9.91. The molecule has 1 saturated carbocycles. The van der Waals surface area contributed by atoms with Crippen LogP contribution in [-0.4, -0.2) is 49.4 Å². The third kappa shape index (κ3) is 7.99. The monoisotopic (exact) mass is 375 g/mol. The molecule has 2 rings (SSSR count). The van der Waals surface area contributed by atoms with Crippen molar-refractivity contribution in [1.82, 2.24) is 10.6 Å². The van der Waals surface area contributed by atoms with Crippen molar-refractivity contribution in [2.24, 2.45) is 4.99 Å². The van der Waals surface area contributed by atoms with Crippen molar-refractivity contribution in [2.75, 3.05) is 26.2 Å². The molecule has 0 saturated heterocycles. The van der Waals surface area contributed by atoms with Crippen LogP contribution in [0.2, 0.25) is 0 Å². The normalized spacial score (nSPS) is 16.1. The molecular formula is C21H33N3O3. The zero-order chi connectivity index (χ0) is 19.3. The van der Waals surface area contributed by atoms with Gasteiger partial charge in [0.1, 0.15) is 6.10 Å². The summed E-state index contributed by atoms with van der Waals surface area (Å²) < 4.78 is 5.47. The van der Waals surface area contributed by atoms with Gasteiger partial charge in [0, 0.05) is 25.4 Å². The summed E-state index contributed by atoms with van der Waals surface area (Å²) >= 11 is 0. The second-order valence-electron chi connectivity index (χ2n) is 6.94. The summed E-state index contributed by atoms with van der Waals surface area (Å²) in [7, 11) is 0. The van der Waals surface area contributed by atoms with Gasteiger partial charge in [0.05, 0.1) is 13.2 Å². The molecule has 27 heavy (non-hydrogen) atoms. The van der Waals surface area contributed by atoms with Gasteiger partial charge in [0.25, 0.3) is 0 Å². The first kappa shape index (κ1) is 21.2. The van der Waals surface area contributed by atoms with Crippen molar-refractivity contribution >= 4 is 11.9 Å². The molecule has 1 fully saturated rings. The maximum atomic E-state index is 11.9. The summed E-state index contributed by atoms with van der Waals surface area (Å²) in [6.07, 6.45) is 5.62. The molecule has 1 aliphatic rings. The number of hydrogen-bond acceptors (Lipinski definition) is 4. The molecule has 1 aromatic carbocycles. The minimum Gasteiger partial charge on any atom is -0.462 e. The highest BCUT2D eigenvalue weighted by Crippen LogP contribution is 2.21. The molecule has 6 heteroatoms. The second-order valence-corrected chi connectivity index (χ2v) is 6.94. The predicted molar refractivity (Wildman–Crippen MR) is 108 cm³/mol. The van der Waals surface area contributed by atoms with Crippen LogP contribution in [0.4, 0.5) is 0 Å². The van der Waals surface area contributed by atoms with Gasteiger partial charge in [-0.3, -0.25) is 9.79 Å². The first-order valence-corrected chi connectivity index (χ1v) is 10.1. The number of esters is 1. The van der Waals surface area contributed by atoms with Gasteiger partial charge in [-0.05, 0) is 44.6 Å². The Balaban J connectivity index is 1.73. The Morgan fingerprint density at radius 1 is 1.26 bits per heavy atom. The minimum absolute atomic E-state index is 0.0250. The van der Waals surface area contributed by atoms with Crippen molar-refractivity contribution in [2.45, 2.75) is 57.5 Å². The Morgan fingerprint density at radius 2 is 2.00 bits per heavy atom. The summed E-state index contributed by atoms with van der Waals surface area (Å²) in [4.78, 5) is 16.4. The number of carbonyl (C=O) groups excluding carboxylic acids is 1. The fraction of sp³-hybridized carbons (Fsp3) is 0.619. The van der Waals surface area contributed by atoms with Crippen LogP contribution in [0.25, 0.3) is 0 Å². The molecule has 0 amide bonds. The number of aliphatic imine (C=N–C) groups is 1. The minimum atomic E-state index is -0.102. The summed E-state index contributed by atoms with van der Waals surface area (Å²) in [5.41, 5.74) is 1.08. The Kier molecular flexibility index (Phi) is 9.69. The zero-order valence-corrected chi connectivity index (χ0v) is 16.3. The molecule has 1 aromatic rings. The summed E-state index contributed by atoms with van der Waals surface area (Å²) in [6.45, 7) is 3.97. The number of benzene rings is 1. The van der Waals surface area contributed by atoms with Gasteiger partial charge >= 0.3 is 5.97 Å². The van der Waals surface area contributed by atoms with E-state index in [4.69, 9.17) is 4.74 Å². The molecule has 0 bridgehead atoms. The van der Waals surface area contributed by atoms with Gasteiger partial charge in [-0.2, -0.15) is 0 Å². The highest BCUT2D eigenvalue weighted by Gasteiger charge is 2.18. The van der Waals surface area contributed by atoms with E-state index in [2.05, 4.69) is 15.6 Å². The van der Waals surface area contributed by atoms with E-state index in [0.29, 0.717) is 31.9 Å². The van der Waals surface area contributed by atoms with Crippen LogP contribution in [0.15, 0.2) is 35.3 Å². The lowest BCUT2D eigenvalue weighted by molar-refractivity contribution is -0.148. The smallest absolute Gasteiger partial charge is 0.306 e. The van der Waals surface area contributed by atoms with E-state index < -0.39 is 0 Å². The number of nitrogens with one attached hydrogen (secondary N) is 2. The first-order chi connectivity index (χ1) is 13.2. The van der Waals surface area contributed by atoms with E-state index >= 15 is 0 Å². The van der Waals surface area contributed by atoms with Crippen molar-refractivity contribution in [3.05, 3.63) is 35.9 Å². The Hall–Kier alpha value is -2.08. The number of carbonyl (C=O) groups is 1. The molecule has 0 aromatic heterocycles. The van der Waals surface area contributed by atoms with Gasteiger partial charge in [-0.1, -0.05) is 30.3 Å². The van der Waals surface area contributed by atoms with E-state index in [9.17, 15) is 9.90 Å². The second kappa shape index (κ2) is 12.3. The van der Waals surface area contributed by atoms with Crippen LogP contribution in [0.5, 0.6) is 0 Å². The summed E-state index contributed by atoms with van der Waals surface area (Å²) in [5, 5.41) is 16.1. The SMILES string of the molecule is CCNC(=NCC(CO)c1ccccc1)NCCCC(=O)OC1CCCC1. The largest absolute Gasteiger partial charge is 0.462 e. The molecule has 0 aliphatic heterocycles. The third-order valence-electron chi connectivity index (χ3n) is 4.76. The van der Waals surface area contributed by atoms with Crippen molar-refractivity contribution in [3.8, 4) is 0 Å².